The number of aliphatic hydroxyl groups is 1. The Kier molecular flexibility index (Phi) is 7.34. The third-order valence-electron chi connectivity index (χ3n) is 2.78. The van der Waals surface area contributed by atoms with Gasteiger partial charge in [0.05, 0.1) is 12.6 Å². The molecule has 0 aliphatic carbocycles. The number of rotatable bonds is 7. The van der Waals surface area contributed by atoms with E-state index >= 15 is 0 Å². The van der Waals surface area contributed by atoms with Gasteiger partial charge in [-0.1, -0.05) is 13.3 Å². The molecule has 0 aromatic carbocycles. The molecule has 15 heavy (non-hydrogen) atoms. The summed E-state index contributed by atoms with van der Waals surface area (Å²) in [4.78, 5) is 13.5. The molecule has 1 amide bonds. The van der Waals surface area contributed by atoms with Gasteiger partial charge in [0.1, 0.15) is 0 Å². The molecule has 0 aromatic rings. The highest BCUT2D eigenvalue weighted by molar-refractivity contribution is 5.81. The molecule has 2 unspecified atom stereocenters. The van der Waals surface area contributed by atoms with Crippen molar-refractivity contribution in [3.05, 3.63) is 0 Å². The first-order valence-corrected chi connectivity index (χ1v) is 5.65. The summed E-state index contributed by atoms with van der Waals surface area (Å²) >= 11 is 0. The van der Waals surface area contributed by atoms with E-state index in [1.807, 2.05) is 25.8 Å². The Morgan fingerprint density at radius 1 is 1.47 bits per heavy atom. The lowest BCUT2D eigenvalue weighted by Crippen LogP contribution is -2.48. The molecule has 0 spiro atoms. The molecule has 0 saturated heterocycles. The van der Waals surface area contributed by atoms with Crippen LogP contribution in [0.4, 0.5) is 0 Å². The second kappa shape index (κ2) is 7.65. The maximum atomic E-state index is 11.6. The number of carbonyl (C=O) groups is 1. The molecule has 0 bridgehead atoms. The van der Waals surface area contributed by atoms with Crippen molar-refractivity contribution < 1.29 is 9.90 Å². The van der Waals surface area contributed by atoms with Crippen LogP contribution in [-0.4, -0.2) is 48.2 Å². The van der Waals surface area contributed by atoms with Crippen LogP contribution in [0.5, 0.6) is 0 Å². The van der Waals surface area contributed by atoms with Gasteiger partial charge in [-0.05, 0) is 27.3 Å². The van der Waals surface area contributed by atoms with Gasteiger partial charge in [0.15, 0.2) is 0 Å². The molecule has 0 aliphatic heterocycles. The van der Waals surface area contributed by atoms with Crippen LogP contribution in [-0.2, 0) is 4.79 Å². The van der Waals surface area contributed by atoms with Crippen LogP contribution in [0.1, 0.15) is 33.6 Å². The van der Waals surface area contributed by atoms with E-state index in [1.165, 1.54) is 0 Å². The number of amides is 1. The minimum absolute atomic E-state index is 0.0110. The third kappa shape index (κ3) is 5.14. The van der Waals surface area contributed by atoms with Crippen LogP contribution in [0.2, 0.25) is 0 Å². The molecule has 2 atom stereocenters. The average molecular weight is 216 g/mol. The lowest BCUT2D eigenvalue weighted by Gasteiger charge is -2.28. The van der Waals surface area contributed by atoms with Crippen molar-refractivity contribution in [1.82, 2.24) is 10.2 Å². The van der Waals surface area contributed by atoms with E-state index in [1.54, 1.807) is 0 Å². The summed E-state index contributed by atoms with van der Waals surface area (Å²) in [5, 5.41) is 11.9. The van der Waals surface area contributed by atoms with Gasteiger partial charge < -0.3 is 10.4 Å². The van der Waals surface area contributed by atoms with Crippen LogP contribution in [0.3, 0.4) is 0 Å². The number of nitrogens with one attached hydrogen (secondary N) is 1. The van der Waals surface area contributed by atoms with E-state index in [2.05, 4.69) is 12.2 Å². The van der Waals surface area contributed by atoms with E-state index in [0.29, 0.717) is 0 Å². The van der Waals surface area contributed by atoms with Gasteiger partial charge in [0.2, 0.25) is 5.91 Å². The molecule has 0 fully saturated rings. The second-order valence-corrected chi connectivity index (χ2v) is 4.02. The number of nitrogens with zero attached hydrogens (tertiary/aromatic N) is 1. The topological polar surface area (TPSA) is 52.6 Å². The van der Waals surface area contributed by atoms with Crippen molar-refractivity contribution in [3.8, 4) is 0 Å². The Bertz CT molecular complexity index is 185. The lowest BCUT2D eigenvalue weighted by molar-refractivity contribution is -0.126. The summed E-state index contributed by atoms with van der Waals surface area (Å²) in [5.74, 6) is 0.0336. The van der Waals surface area contributed by atoms with Crippen molar-refractivity contribution in [3.63, 3.8) is 0 Å². The Morgan fingerprint density at radius 2 is 2.07 bits per heavy atom. The van der Waals surface area contributed by atoms with Gasteiger partial charge in [-0.2, -0.15) is 0 Å². The summed E-state index contributed by atoms with van der Waals surface area (Å²) < 4.78 is 0. The van der Waals surface area contributed by atoms with Crippen LogP contribution in [0, 0.1) is 0 Å². The first kappa shape index (κ1) is 14.4. The molecule has 0 saturated carbocycles. The minimum Gasteiger partial charge on any atom is -0.395 e. The number of hydrogen-bond acceptors (Lipinski definition) is 3. The van der Waals surface area contributed by atoms with Gasteiger partial charge in [0, 0.05) is 12.6 Å². The average Bonchev–Trinajstić information content (AvgIpc) is 2.26. The maximum absolute atomic E-state index is 11.6. The zero-order valence-corrected chi connectivity index (χ0v) is 10.3. The number of aliphatic hydroxyl groups excluding tert-OH is 1. The molecular weight excluding hydrogens is 192 g/mol. The normalized spacial score (nSPS) is 15.1. The molecule has 0 aromatic heterocycles. The van der Waals surface area contributed by atoms with Crippen molar-refractivity contribution in [2.24, 2.45) is 0 Å². The highest BCUT2D eigenvalue weighted by Gasteiger charge is 2.20. The largest absolute Gasteiger partial charge is 0.395 e. The summed E-state index contributed by atoms with van der Waals surface area (Å²) in [5.41, 5.74) is 0. The zero-order valence-electron chi connectivity index (χ0n) is 10.3. The van der Waals surface area contributed by atoms with Crippen LogP contribution >= 0.6 is 0 Å². The first-order valence-electron chi connectivity index (χ1n) is 5.65. The second-order valence-electron chi connectivity index (χ2n) is 4.02. The fraction of sp³-hybridized carbons (Fsp3) is 0.909. The third-order valence-corrected chi connectivity index (χ3v) is 2.78. The Labute approximate surface area is 92.7 Å². The van der Waals surface area contributed by atoms with Gasteiger partial charge >= 0.3 is 0 Å². The Morgan fingerprint density at radius 3 is 2.53 bits per heavy atom. The van der Waals surface area contributed by atoms with E-state index in [9.17, 15) is 4.79 Å². The summed E-state index contributed by atoms with van der Waals surface area (Å²) in [7, 11) is 1.85. The van der Waals surface area contributed by atoms with Gasteiger partial charge in [-0.3, -0.25) is 9.69 Å². The monoisotopic (exact) mass is 216 g/mol. The van der Waals surface area contributed by atoms with Crippen molar-refractivity contribution >= 4 is 5.91 Å². The van der Waals surface area contributed by atoms with E-state index in [0.717, 1.165) is 19.4 Å². The summed E-state index contributed by atoms with van der Waals surface area (Å²) in [6.07, 6.45) is 2.09. The highest BCUT2D eigenvalue weighted by atomic mass is 16.3. The number of likely N-dealkylation sites (N-methyl/N-ethyl adjacent to an activating group) is 1. The van der Waals surface area contributed by atoms with E-state index in [-0.39, 0.29) is 24.6 Å². The molecule has 0 radical (unpaired) electrons. The first-order chi connectivity index (χ1) is 7.04. The van der Waals surface area contributed by atoms with Gasteiger partial charge in [-0.15, -0.1) is 0 Å². The number of hydrogen-bond donors (Lipinski definition) is 2. The number of carbonyl (C=O) groups excluding carboxylic acids is 1. The SMILES string of the molecule is CCCCNC(=O)C(C)N(C)C(C)CO. The molecule has 90 valence electrons. The quantitative estimate of drug-likeness (QED) is 0.613. The Balaban J connectivity index is 3.96. The predicted molar refractivity (Wildman–Crippen MR) is 61.7 cm³/mol. The molecule has 0 heterocycles. The minimum atomic E-state index is -0.191. The van der Waals surface area contributed by atoms with Crippen molar-refractivity contribution in [1.29, 1.82) is 0 Å². The zero-order chi connectivity index (χ0) is 11.8. The van der Waals surface area contributed by atoms with Gasteiger partial charge in [-0.25, -0.2) is 0 Å². The fourth-order valence-electron chi connectivity index (χ4n) is 1.23. The molecule has 0 aliphatic rings. The van der Waals surface area contributed by atoms with Crippen molar-refractivity contribution in [2.45, 2.75) is 45.7 Å². The van der Waals surface area contributed by atoms with Crippen LogP contribution in [0.25, 0.3) is 0 Å². The highest BCUT2D eigenvalue weighted by Crippen LogP contribution is 2.01. The molecule has 4 heteroatoms. The van der Waals surface area contributed by atoms with Gasteiger partial charge in [0.25, 0.3) is 0 Å². The Hall–Kier alpha value is -0.610. The molecule has 4 nitrogen and oxygen atoms in total. The molecule has 2 N–H and O–H groups in total. The predicted octanol–water partition coefficient (Wildman–Crippen LogP) is 0.604. The number of unbranched alkanes of at least 4 members (excludes halogenated alkanes) is 1. The fourth-order valence-corrected chi connectivity index (χ4v) is 1.23. The van der Waals surface area contributed by atoms with Crippen LogP contribution in [0.15, 0.2) is 0 Å². The maximum Gasteiger partial charge on any atom is 0.237 e. The van der Waals surface area contributed by atoms with E-state index in [4.69, 9.17) is 5.11 Å². The lowest BCUT2D eigenvalue weighted by atomic mass is 10.2. The van der Waals surface area contributed by atoms with Crippen LogP contribution < -0.4 is 5.32 Å². The summed E-state index contributed by atoms with van der Waals surface area (Å²) in [6.45, 7) is 6.66. The smallest absolute Gasteiger partial charge is 0.237 e. The summed E-state index contributed by atoms with van der Waals surface area (Å²) in [6, 6.07) is -0.180. The van der Waals surface area contributed by atoms with Crippen molar-refractivity contribution in [2.75, 3.05) is 20.2 Å². The molecule has 0 rings (SSSR count). The standard InChI is InChI=1S/C11H24N2O2/c1-5-6-7-12-11(15)10(3)13(4)9(2)8-14/h9-10,14H,5-8H2,1-4H3,(H,12,15). The molecular formula is C11H24N2O2. The van der Waals surface area contributed by atoms with E-state index < -0.39 is 0 Å².